The summed E-state index contributed by atoms with van der Waals surface area (Å²) in [5, 5.41) is 13.2. The number of hydrogen-bond acceptors (Lipinski definition) is 6. The van der Waals surface area contributed by atoms with E-state index in [0.29, 0.717) is 37.4 Å². The predicted molar refractivity (Wildman–Crippen MR) is 82.7 cm³/mol. The van der Waals surface area contributed by atoms with Crippen LogP contribution in [0.5, 0.6) is 0 Å². The Kier molecular flexibility index (Phi) is 3.97. The molecule has 0 spiro atoms. The lowest BCUT2D eigenvalue weighted by atomic mass is 9.98. The lowest BCUT2D eigenvalue weighted by molar-refractivity contribution is 0.328. The average Bonchev–Trinajstić information content (AvgIpc) is 2.93. The molecule has 7 nitrogen and oxygen atoms in total. The van der Waals surface area contributed by atoms with Crippen LogP contribution < -0.4 is 4.72 Å². The first-order valence-electron chi connectivity index (χ1n) is 8.07. The van der Waals surface area contributed by atoms with Gasteiger partial charge < -0.3 is 4.52 Å². The summed E-state index contributed by atoms with van der Waals surface area (Å²) in [6, 6.07) is 2.14. The molecule has 23 heavy (non-hydrogen) atoms. The van der Waals surface area contributed by atoms with Crippen LogP contribution in [-0.2, 0) is 15.6 Å². The highest BCUT2D eigenvalue weighted by molar-refractivity contribution is 7.89. The Hall–Kier alpha value is -1.46. The van der Waals surface area contributed by atoms with E-state index in [2.05, 4.69) is 20.9 Å². The molecule has 1 N–H and O–H groups in total. The summed E-state index contributed by atoms with van der Waals surface area (Å²) in [4.78, 5) is 4.41. The first-order chi connectivity index (χ1) is 10.8. The molecule has 0 aromatic carbocycles. The summed E-state index contributed by atoms with van der Waals surface area (Å²) in [7, 11) is -3.58. The van der Waals surface area contributed by atoms with Gasteiger partial charge in [0.05, 0.1) is 22.8 Å². The number of nitriles is 1. The van der Waals surface area contributed by atoms with Gasteiger partial charge in [-0.2, -0.15) is 10.2 Å². The summed E-state index contributed by atoms with van der Waals surface area (Å²) in [5.41, 5.74) is -1.49. The van der Waals surface area contributed by atoms with Gasteiger partial charge in [0, 0.05) is 5.92 Å². The Labute approximate surface area is 136 Å². The van der Waals surface area contributed by atoms with Crippen LogP contribution in [0.15, 0.2) is 4.52 Å². The molecule has 8 heteroatoms. The molecule has 2 fully saturated rings. The fourth-order valence-corrected chi connectivity index (χ4v) is 5.19. The lowest BCUT2D eigenvalue weighted by Crippen LogP contribution is -2.46. The van der Waals surface area contributed by atoms with Gasteiger partial charge in [0.25, 0.3) is 0 Å². The number of rotatable bonds is 6. The second kappa shape index (κ2) is 5.56. The van der Waals surface area contributed by atoms with E-state index < -0.39 is 21.0 Å². The second-order valence-corrected chi connectivity index (χ2v) is 8.88. The molecule has 0 atom stereocenters. The van der Waals surface area contributed by atoms with Crippen molar-refractivity contribution in [2.75, 3.05) is 5.75 Å². The quantitative estimate of drug-likeness (QED) is 0.851. The maximum absolute atomic E-state index is 12.6. The zero-order chi connectivity index (χ0) is 16.7. The molecule has 0 bridgehead atoms. The molecule has 0 saturated heterocycles. The monoisotopic (exact) mass is 338 g/mol. The normalized spacial score (nSPS) is 22.2. The van der Waals surface area contributed by atoms with E-state index in [1.54, 1.807) is 0 Å². The van der Waals surface area contributed by atoms with E-state index in [4.69, 9.17) is 9.78 Å². The van der Waals surface area contributed by atoms with Crippen molar-refractivity contribution >= 4 is 10.0 Å². The summed E-state index contributed by atoms with van der Waals surface area (Å²) in [6.45, 7) is 3.90. The van der Waals surface area contributed by atoms with Crippen molar-refractivity contribution in [3.8, 4) is 6.07 Å². The molecule has 0 radical (unpaired) electrons. The first kappa shape index (κ1) is 16.4. The van der Waals surface area contributed by atoms with E-state index in [9.17, 15) is 8.42 Å². The Bertz CT molecular complexity index is 722. The van der Waals surface area contributed by atoms with Crippen molar-refractivity contribution in [3.63, 3.8) is 0 Å². The van der Waals surface area contributed by atoms with Crippen LogP contribution in [0.3, 0.4) is 0 Å². The smallest absolute Gasteiger partial charge is 0.229 e. The molecular weight excluding hydrogens is 316 g/mol. The van der Waals surface area contributed by atoms with Crippen molar-refractivity contribution < 1.29 is 12.9 Å². The van der Waals surface area contributed by atoms with E-state index >= 15 is 0 Å². The molecule has 2 aliphatic carbocycles. The van der Waals surface area contributed by atoms with Crippen LogP contribution in [0.2, 0.25) is 0 Å². The highest BCUT2D eigenvalue weighted by Crippen LogP contribution is 2.46. The Morgan fingerprint density at radius 2 is 1.96 bits per heavy atom. The van der Waals surface area contributed by atoms with Gasteiger partial charge in [-0.1, -0.05) is 31.8 Å². The van der Waals surface area contributed by atoms with Crippen molar-refractivity contribution in [2.45, 2.75) is 63.8 Å². The van der Waals surface area contributed by atoms with Crippen LogP contribution in [0.25, 0.3) is 0 Å². The third-order valence-electron chi connectivity index (χ3n) is 4.73. The van der Waals surface area contributed by atoms with E-state index in [0.717, 1.165) is 12.8 Å². The maximum Gasteiger partial charge on any atom is 0.229 e. The molecule has 1 heterocycles. The molecule has 2 aliphatic rings. The van der Waals surface area contributed by atoms with Gasteiger partial charge >= 0.3 is 0 Å². The molecule has 3 rings (SSSR count). The molecule has 1 aromatic rings. The third kappa shape index (κ3) is 3.26. The summed E-state index contributed by atoms with van der Waals surface area (Å²) in [5.74, 6) is 0.887. The van der Waals surface area contributed by atoms with Crippen molar-refractivity contribution in [2.24, 2.45) is 5.41 Å². The minimum absolute atomic E-state index is 0.0969. The fraction of sp³-hybridized carbons (Fsp3) is 0.800. The number of hydrogen-bond donors (Lipinski definition) is 1. The fourth-order valence-electron chi connectivity index (χ4n) is 3.15. The third-order valence-corrected chi connectivity index (χ3v) is 6.36. The van der Waals surface area contributed by atoms with Gasteiger partial charge in [-0.25, -0.2) is 13.1 Å². The number of sulfonamides is 1. The van der Waals surface area contributed by atoms with Crippen LogP contribution >= 0.6 is 0 Å². The lowest BCUT2D eigenvalue weighted by Gasteiger charge is -2.26. The topological polar surface area (TPSA) is 109 Å². The summed E-state index contributed by atoms with van der Waals surface area (Å²) in [6.07, 6.45) is 4.44. The minimum Gasteiger partial charge on any atom is -0.339 e. The predicted octanol–water partition coefficient (Wildman–Crippen LogP) is 2.19. The zero-order valence-corrected chi connectivity index (χ0v) is 14.3. The molecule has 0 unspecified atom stereocenters. The van der Waals surface area contributed by atoms with Gasteiger partial charge in [0.15, 0.2) is 5.82 Å². The highest BCUT2D eigenvalue weighted by Gasteiger charge is 2.50. The molecule has 0 aliphatic heterocycles. The summed E-state index contributed by atoms with van der Waals surface area (Å²) < 4.78 is 33.2. The first-order valence-corrected chi connectivity index (χ1v) is 9.72. The largest absolute Gasteiger partial charge is 0.339 e. The van der Waals surface area contributed by atoms with E-state index in [-0.39, 0.29) is 11.7 Å². The van der Waals surface area contributed by atoms with E-state index in [1.165, 1.54) is 0 Å². The Balaban J connectivity index is 1.85. The molecule has 126 valence electrons. The van der Waals surface area contributed by atoms with E-state index in [1.807, 2.05) is 13.8 Å². The number of nitrogens with zero attached hydrogens (tertiary/aromatic N) is 3. The average molecular weight is 338 g/mol. The maximum atomic E-state index is 12.6. The van der Waals surface area contributed by atoms with Crippen molar-refractivity contribution in [1.29, 1.82) is 5.26 Å². The van der Waals surface area contributed by atoms with Gasteiger partial charge in [-0.05, 0) is 25.7 Å². The Morgan fingerprint density at radius 3 is 2.43 bits per heavy atom. The van der Waals surface area contributed by atoms with Gasteiger partial charge in [0.1, 0.15) is 0 Å². The van der Waals surface area contributed by atoms with Crippen molar-refractivity contribution in [3.05, 3.63) is 11.7 Å². The highest BCUT2D eigenvalue weighted by atomic mass is 32.2. The SMILES string of the molecule is CC(C)c1nc(C2(NS(=O)(=O)CC3(C#N)CC3)CCCC2)no1. The summed E-state index contributed by atoms with van der Waals surface area (Å²) >= 11 is 0. The van der Waals surface area contributed by atoms with Crippen LogP contribution in [0.4, 0.5) is 0 Å². The van der Waals surface area contributed by atoms with Gasteiger partial charge in [-0.3, -0.25) is 0 Å². The molecule has 1 aromatic heterocycles. The Morgan fingerprint density at radius 1 is 1.30 bits per heavy atom. The van der Waals surface area contributed by atoms with Gasteiger partial charge in [0.2, 0.25) is 15.9 Å². The van der Waals surface area contributed by atoms with Crippen molar-refractivity contribution in [1.82, 2.24) is 14.9 Å². The molecular formula is C15H22N4O3S. The second-order valence-electron chi connectivity index (χ2n) is 7.15. The van der Waals surface area contributed by atoms with Gasteiger partial charge in [-0.15, -0.1) is 0 Å². The molecule has 0 amide bonds. The standard InChI is InChI=1S/C15H22N4O3S/c1-11(2)12-17-13(18-22-12)15(5-3-4-6-15)19-23(20,21)10-14(9-16)7-8-14/h11,19H,3-8,10H2,1-2H3. The van der Waals surface area contributed by atoms with Crippen LogP contribution in [0, 0.1) is 16.7 Å². The molecule has 2 saturated carbocycles. The minimum atomic E-state index is -3.58. The van der Waals surface area contributed by atoms with Crippen LogP contribution in [-0.4, -0.2) is 24.3 Å². The van der Waals surface area contributed by atoms with Crippen LogP contribution in [0.1, 0.15) is 70.0 Å². The zero-order valence-electron chi connectivity index (χ0n) is 13.5. The number of nitrogens with one attached hydrogen (secondary N) is 1. The number of aromatic nitrogens is 2.